The molecule has 2 rings (SSSR count). The van der Waals surface area contributed by atoms with Crippen molar-refractivity contribution in [2.75, 3.05) is 19.7 Å². The molecule has 0 aromatic heterocycles. The lowest BCUT2D eigenvalue weighted by atomic mass is 10.3. The van der Waals surface area contributed by atoms with Gasteiger partial charge in [-0.15, -0.1) is 0 Å². The summed E-state index contributed by atoms with van der Waals surface area (Å²) >= 11 is 0. The van der Waals surface area contributed by atoms with Crippen LogP contribution in [0.3, 0.4) is 0 Å². The van der Waals surface area contributed by atoms with Crippen molar-refractivity contribution in [3.8, 4) is 0 Å². The number of carbonyl (C=O) groups excluding carboxylic acids is 1. The number of rotatable bonds is 7. The summed E-state index contributed by atoms with van der Waals surface area (Å²) in [5.74, 6) is 0.738. The van der Waals surface area contributed by atoms with E-state index in [0.29, 0.717) is 6.04 Å². The number of carbonyl (C=O) groups is 1. The van der Waals surface area contributed by atoms with Gasteiger partial charge < -0.3 is 15.3 Å². The minimum atomic E-state index is 0.104. The zero-order valence-corrected chi connectivity index (χ0v) is 9.82. The van der Waals surface area contributed by atoms with Crippen molar-refractivity contribution in [3.05, 3.63) is 0 Å². The van der Waals surface area contributed by atoms with E-state index in [1.165, 1.54) is 12.8 Å². The van der Waals surface area contributed by atoms with E-state index in [0.717, 1.165) is 44.7 Å². The molecule has 92 valence electrons. The van der Waals surface area contributed by atoms with Crippen LogP contribution in [0.2, 0.25) is 0 Å². The molecule has 0 bridgehead atoms. The highest BCUT2D eigenvalue weighted by Crippen LogP contribution is 2.29. The first-order valence-electron chi connectivity index (χ1n) is 6.46. The van der Waals surface area contributed by atoms with Crippen LogP contribution in [0.1, 0.15) is 38.5 Å². The van der Waals surface area contributed by atoms with E-state index in [4.69, 9.17) is 5.11 Å². The molecule has 0 spiro atoms. The SMILES string of the molecule is O=C(NCC1CC1)N(CCCCO)C1CC1. The summed E-state index contributed by atoms with van der Waals surface area (Å²) in [5.41, 5.74) is 0. The van der Waals surface area contributed by atoms with Gasteiger partial charge in [0.1, 0.15) is 0 Å². The molecule has 4 heteroatoms. The molecular formula is C12H22N2O2. The quantitative estimate of drug-likeness (QED) is 0.644. The average molecular weight is 226 g/mol. The number of aliphatic hydroxyl groups is 1. The Morgan fingerprint density at radius 1 is 1.25 bits per heavy atom. The first-order valence-corrected chi connectivity index (χ1v) is 6.46. The summed E-state index contributed by atoms with van der Waals surface area (Å²) in [4.78, 5) is 13.9. The number of amides is 2. The lowest BCUT2D eigenvalue weighted by Crippen LogP contribution is -2.42. The minimum absolute atomic E-state index is 0.104. The molecule has 0 aromatic carbocycles. The predicted molar refractivity (Wildman–Crippen MR) is 62.2 cm³/mol. The Hall–Kier alpha value is -0.770. The van der Waals surface area contributed by atoms with Crippen LogP contribution in [-0.4, -0.2) is 41.8 Å². The predicted octanol–water partition coefficient (Wildman–Crippen LogP) is 1.34. The van der Waals surface area contributed by atoms with Gasteiger partial charge in [-0.3, -0.25) is 0 Å². The summed E-state index contributed by atoms with van der Waals surface area (Å²) < 4.78 is 0. The van der Waals surface area contributed by atoms with Crippen LogP contribution < -0.4 is 5.32 Å². The monoisotopic (exact) mass is 226 g/mol. The summed E-state index contributed by atoms with van der Waals surface area (Å²) in [6.07, 6.45) is 6.54. The third-order valence-corrected chi connectivity index (χ3v) is 3.29. The molecule has 0 aliphatic heterocycles. The molecule has 0 radical (unpaired) electrons. The maximum atomic E-state index is 11.9. The fraction of sp³-hybridized carbons (Fsp3) is 0.917. The van der Waals surface area contributed by atoms with Gasteiger partial charge in [0.25, 0.3) is 0 Å². The minimum Gasteiger partial charge on any atom is -0.396 e. The Balaban J connectivity index is 1.68. The van der Waals surface area contributed by atoms with Crippen LogP contribution in [0, 0.1) is 5.92 Å². The third-order valence-electron chi connectivity index (χ3n) is 3.29. The molecule has 0 atom stereocenters. The van der Waals surface area contributed by atoms with Gasteiger partial charge in [0.15, 0.2) is 0 Å². The molecule has 2 aliphatic carbocycles. The molecule has 0 saturated heterocycles. The molecule has 2 fully saturated rings. The number of nitrogens with one attached hydrogen (secondary N) is 1. The van der Waals surface area contributed by atoms with Crippen LogP contribution in [0.25, 0.3) is 0 Å². The number of hydrogen-bond donors (Lipinski definition) is 2. The van der Waals surface area contributed by atoms with E-state index in [1.54, 1.807) is 0 Å². The first kappa shape index (κ1) is 11.7. The molecular weight excluding hydrogens is 204 g/mol. The summed E-state index contributed by atoms with van der Waals surface area (Å²) in [6.45, 7) is 1.87. The summed E-state index contributed by atoms with van der Waals surface area (Å²) in [5, 5.41) is 11.8. The number of hydrogen-bond acceptors (Lipinski definition) is 2. The lowest BCUT2D eigenvalue weighted by Gasteiger charge is -2.22. The van der Waals surface area contributed by atoms with Crippen LogP contribution >= 0.6 is 0 Å². The Morgan fingerprint density at radius 2 is 2.00 bits per heavy atom. The van der Waals surface area contributed by atoms with E-state index in [2.05, 4.69) is 5.32 Å². The molecule has 4 nitrogen and oxygen atoms in total. The van der Waals surface area contributed by atoms with Gasteiger partial charge in [-0.05, 0) is 44.4 Å². The normalized spacial score (nSPS) is 19.6. The highest BCUT2D eigenvalue weighted by molar-refractivity contribution is 5.74. The number of nitrogens with zero attached hydrogens (tertiary/aromatic N) is 1. The molecule has 2 saturated carbocycles. The van der Waals surface area contributed by atoms with Crippen molar-refractivity contribution in [1.29, 1.82) is 0 Å². The zero-order chi connectivity index (χ0) is 11.4. The van der Waals surface area contributed by atoms with Crippen molar-refractivity contribution in [2.45, 2.75) is 44.6 Å². The van der Waals surface area contributed by atoms with E-state index < -0.39 is 0 Å². The van der Waals surface area contributed by atoms with Crippen molar-refractivity contribution in [2.24, 2.45) is 5.92 Å². The Bertz CT molecular complexity index is 237. The van der Waals surface area contributed by atoms with Gasteiger partial charge in [0.2, 0.25) is 0 Å². The van der Waals surface area contributed by atoms with E-state index in [9.17, 15) is 4.79 Å². The maximum Gasteiger partial charge on any atom is 0.317 e. The number of urea groups is 1. The molecule has 0 heterocycles. The van der Waals surface area contributed by atoms with Crippen molar-refractivity contribution < 1.29 is 9.90 Å². The van der Waals surface area contributed by atoms with Crippen molar-refractivity contribution in [1.82, 2.24) is 10.2 Å². The maximum absolute atomic E-state index is 11.9. The fourth-order valence-electron chi connectivity index (χ4n) is 1.89. The smallest absolute Gasteiger partial charge is 0.317 e. The van der Waals surface area contributed by atoms with Crippen molar-refractivity contribution >= 4 is 6.03 Å². The highest BCUT2D eigenvalue weighted by atomic mass is 16.3. The fourth-order valence-corrected chi connectivity index (χ4v) is 1.89. The molecule has 0 unspecified atom stereocenters. The molecule has 0 aromatic rings. The van der Waals surface area contributed by atoms with Crippen molar-refractivity contribution in [3.63, 3.8) is 0 Å². The summed E-state index contributed by atoms with van der Waals surface area (Å²) in [6, 6.07) is 0.574. The standard InChI is InChI=1S/C12H22N2O2/c15-8-2-1-7-14(11-5-6-11)12(16)13-9-10-3-4-10/h10-11,15H,1-9H2,(H,13,16). The largest absolute Gasteiger partial charge is 0.396 e. The van der Waals surface area contributed by atoms with Gasteiger partial charge >= 0.3 is 6.03 Å². The number of unbranched alkanes of at least 4 members (excludes halogenated alkanes) is 1. The van der Waals surface area contributed by atoms with Gasteiger partial charge in [-0.1, -0.05) is 0 Å². The Labute approximate surface area is 97.0 Å². The second-order valence-corrected chi connectivity index (χ2v) is 4.98. The summed E-state index contributed by atoms with van der Waals surface area (Å²) in [7, 11) is 0. The molecule has 2 N–H and O–H groups in total. The van der Waals surface area contributed by atoms with Crippen LogP contribution in [0.5, 0.6) is 0 Å². The first-order chi connectivity index (χ1) is 7.81. The molecule has 2 aliphatic rings. The van der Waals surface area contributed by atoms with E-state index in [-0.39, 0.29) is 12.6 Å². The zero-order valence-electron chi connectivity index (χ0n) is 9.82. The average Bonchev–Trinajstić information content (AvgIpc) is 3.15. The van der Waals surface area contributed by atoms with E-state index in [1.807, 2.05) is 4.90 Å². The Morgan fingerprint density at radius 3 is 2.56 bits per heavy atom. The van der Waals surface area contributed by atoms with Crippen LogP contribution in [0.15, 0.2) is 0 Å². The van der Waals surface area contributed by atoms with Gasteiger partial charge in [0.05, 0.1) is 0 Å². The van der Waals surface area contributed by atoms with E-state index >= 15 is 0 Å². The van der Waals surface area contributed by atoms with Gasteiger partial charge in [-0.25, -0.2) is 4.79 Å². The van der Waals surface area contributed by atoms with Crippen LogP contribution in [-0.2, 0) is 0 Å². The second-order valence-electron chi connectivity index (χ2n) is 4.98. The third kappa shape index (κ3) is 3.67. The van der Waals surface area contributed by atoms with Gasteiger partial charge in [0, 0.05) is 25.7 Å². The number of aliphatic hydroxyl groups excluding tert-OH is 1. The lowest BCUT2D eigenvalue weighted by molar-refractivity contribution is 0.190. The second kappa shape index (κ2) is 5.53. The Kier molecular flexibility index (Phi) is 4.04. The molecule has 2 amide bonds. The highest BCUT2D eigenvalue weighted by Gasteiger charge is 2.32. The molecule has 16 heavy (non-hydrogen) atoms. The van der Waals surface area contributed by atoms with Crippen LogP contribution in [0.4, 0.5) is 4.79 Å². The topological polar surface area (TPSA) is 52.6 Å². The van der Waals surface area contributed by atoms with Gasteiger partial charge in [-0.2, -0.15) is 0 Å².